The van der Waals surface area contributed by atoms with Crippen molar-refractivity contribution in [3.05, 3.63) is 83.5 Å². The summed E-state index contributed by atoms with van der Waals surface area (Å²) in [5.41, 5.74) is 4.04. The molecule has 0 aliphatic rings. The maximum atomic E-state index is 13.1. The largest absolute Gasteiger partial charge is 0.497 e. The normalized spacial score (nSPS) is 10.5. The molecule has 36 heavy (non-hydrogen) atoms. The van der Waals surface area contributed by atoms with Gasteiger partial charge in [0, 0.05) is 21.8 Å². The van der Waals surface area contributed by atoms with E-state index in [9.17, 15) is 14.4 Å². The highest BCUT2D eigenvalue weighted by atomic mass is 35.5. The summed E-state index contributed by atoms with van der Waals surface area (Å²) in [7, 11) is 1.53. The summed E-state index contributed by atoms with van der Waals surface area (Å²) in [5, 5.41) is 6.36. The first-order chi connectivity index (χ1) is 17.4. The zero-order valence-electron chi connectivity index (χ0n) is 19.5. The van der Waals surface area contributed by atoms with Crippen molar-refractivity contribution in [3.8, 4) is 11.5 Å². The monoisotopic (exact) mass is 506 g/mol. The summed E-state index contributed by atoms with van der Waals surface area (Å²) >= 11 is 6.12. The number of hydrogen-bond acceptors (Lipinski definition) is 5. The number of carbonyl (C=O) groups is 3. The molecule has 3 amide bonds. The van der Waals surface area contributed by atoms with E-state index in [1.54, 1.807) is 72.8 Å². The lowest BCUT2D eigenvalue weighted by Crippen LogP contribution is -2.36. The molecule has 0 aliphatic heterocycles. The molecule has 10 heteroatoms. The number of nitrogens with zero attached hydrogens (tertiary/aromatic N) is 1. The third-order valence-corrected chi connectivity index (χ3v) is 5.42. The van der Waals surface area contributed by atoms with E-state index >= 15 is 0 Å². The Hall–Kier alpha value is -4.50. The second kappa shape index (κ2) is 10.8. The molecule has 0 unspecified atom stereocenters. The van der Waals surface area contributed by atoms with Gasteiger partial charge in [-0.15, -0.1) is 0 Å². The molecule has 0 saturated carbocycles. The SMILES string of the molecule is CCOc1ccc(NC(=O)c2cc3cc(Cl)ccc3n2NC(=O)C(=O)Nc2ccc(OC)cc2)cc1. The van der Waals surface area contributed by atoms with Gasteiger partial charge in [0.25, 0.3) is 5.91 Å². The van der Waals surface area contributed by atoms with E-state index in [1.807, 2.05) is 6.92 Å². The third kappa shape index (κ3) is 5.59. The van der Waals surface area contributed by atoms with Crippen molar-refractivity contribution < 1.29 is 23.9 Å². The lowest BCUT2D eigenvalue weighted by Gasteiger charge is -2.13. The predicted octanol–water partition coefficient (Wildman–Crippen LogP) is 4.66. The Morgan fingerprint density at radius 1 is 0.833 bits per heavy atom. The molecule has 0 radical (unpaired) electrons. The minimum absolute atomic E-state index is 0.103. The van der Waals surface area contributed by atoms with Crippen LogP contribution >= 0.6 is 11.6 Å². The Kier molecular flexibility index (Phi) is 7.41. The van der Waals surface area contributed by atoms with Crippen LogP contribution in [0.2, 0.25) is 5.02 Å². The number of fused-ring (bicyclic) bond motifs is 1. The van der Waals surface area contributed by atoms with Crippen LogP contribution < -0.4 is 25.5 Å². The van der Waals surface area contributed by atoms with Gasteiger partial charge in [0.15, 0.2) is 0 Å². The lowest BCUT2D eigenvalue weighted by molar-refractivity contribution is -0.133. The minimum Gasteiger partial charge on any atom is -0.497 e. The standard InChI is InChI=1S/C26H23ClN4O5/c1-3-36-21-11-7-18(8-12-21)28-24(32)23-15-16-14-17(27)4-13-22(16)31(23)30-26(34)25(33)29-19-5-9-20(35-2)10-6-19/h4-15H,3H2,1-2H3,(H,28,32)(H,29,33)(H,30,34). The zero-order chi connectivity index (χ0) is 25.7. The van der Waals surface area contributed by atoms with E-state index in [1.165, 1.54) is 11.8 Å². The molecule has 0 fully saturated rings. The molecule has 0 saturated heterocycles. The number of ether oxygens (including phenoxy) is 2. The van der Waals surface area contributed by atoms with Gasteiger partial charge in [-0.1, -0.05) is 11.6 Å². The number of anilines is 2. The van der Waals surface area contributed by atoms with Gasteiger partial charge in [0.1, 0.15) is 17.2 Å². The van der Waals surface area contributed by atoms with Gasteiger partial charge in [-0.2, -0.15) is 0 Å². The number of carbonyl (C=O) groups excluding carboxylic acids is 3. The van der Waals surface area contributed by atoms with E-state index in [-0.39, 0.29) is 5.69 Å². The summed E-state index contributed by atoms with van der Waals surface area (Å²) in [6.07, 6.45) is 0. The van der Waals surface area contributed by atoms with Crippen LogP contribution in [0.1, 0.15) is 17.4 Å². The average Bonchev–Trinajstić information content (AvgIpc) is 3.23. The quantitative estimate of drug-likeness (QED) is 0.316. The number of halogens is 1. The molecule has 1 heterocycles. The highest BCUT2D eigenvalue weighted by Crippen LogP contribution is 2.24. The summed E-state index contributed by atoms with van der Waals surface area (Å²) in [6, 6.07) is 19.9. The van der Waals surface area contributed by atoms with Gasteiger partial charge >= 0.3 is 11.8 Å². The molecular formula is C26H23ClN4O5. The molecule has 1 aromatic heterocycles. The number of methoxy groups -OCH3 is 1. The summed E-state index contributed by atoms with van der Waals surface area (Å²) in [5.74, 6) is -1.09. The van der Waals surface area contributed by atoms with Crippen LogP contribution in [0.3, 0.4) is 0 Å². The fourth-order valence-corrected chi connectivity index (χ4v) is 3.67. The predicted molar refractivity (Wildman–Crippen MR) is 139 cm³/mol. The molecule has 4 aromatic rings. The molecule has 0 spiro atoms. The topological polar surface area (TPSA) is 111 Å². The molecule has 4 rings (SSSR count). The molecular weight excluding hydrogens is 484 g/mol. The molecule has 0 aliphatic carbocycles. The Morgan fingerprint density at radius 2 is 1.47 bits per heavy atom. The van der Waals surface area contributed by atoms with Crippen LogP contribution in [-0.2, 0) is 9.59 Å². The fourth-order valence-electron chi connectivity index (χ4n) is 3.48. The van der Waals surface area contributed by atoms with Crippen molar-refractivity contribution >= 4 is 51.6 Å². The van der Waals surface area contributed by atoms with Crippen LogP contribution in [0.4, 0.5) is 11.4 Å². The molecule has 3 aromatic carbocycles. The second-order valence-electron chi connectivity index (χ2n) is 7.60. The highest BCUT2D eigenvalue weighted by molar-refractivity contribution is 6.42. The first-order valence-corrected chi connectivity index (χ1v) is 11.4. The first-order valence-electron chi connectivity index (χ1n) is 11.0. The molecule has 3 N–H and O–H groups in total. The smallest absolute Gasteiger partial charge is 0.328 e. The summed E-state index contributed by atoms with van der Waals surface area (Å²) in [4.78, 5) is 38.4. The van der Waals surface area contributed by atoms with Crippen LogP contribution in [0.15, 0.2) is 72.8 Å². The highest BCUT2D eigenvalue weighted by Gasteiger charge is 2.21. The third-order valence-electron chi connectivity index (χ3n) is 5.19. The summed E-state index contributed by atoms with van der Waals surface area (Å²) in [6.45, 7) is 2.41. The summed E-state index contributed by atoms with van der Waals surface area (Å²) < 4.78 is 11.8. The van der Waals surface area contributed by atoms with Gasteiger partial charge in [0.05, 0.1) is 19.2 Å². The molecule has 0 bridgehead atoms. The van der Waals surface area contributed by atoms with Gasteiger partial charge in [-0.25, -0.2) is 4.68 Å². The lowest BCUT2D eigenvalue weighted by atomic mass is 10.2. The Bertz CT molecular complexity index is 1420. The molecule has 9 nitrogen and oxygen atoms in total. The van der Waals surface area contributed by atoms with Gasteiger partial charge in [-0.3, -0.25) is 19.8 Å². The maximum absolute atomic E-state index is 13.1. The zero-order valence-corrected chi connectivity index (χ0v) is 20.3. The Morgan fingerprint density at radius 3 is 2.11 bits per heavy atom. The van der Waals surface area contributed by atoms with Crippen molar-refractivity contribution in [2.75, 3.05) is 29.8 Å². The van der Waals surface area contributed by atoms with E-state index < -0.39 is 17.7 Å². The van der Waals surface area contributed by atoms with Crippen LogP contribution in [0.25, 0.3) is 10.9 Å². The van der Waals surface area contributed by atoms with E-state index in [2.05, 4.69) is 16.1 Å². The van der Waals surface area contributed by atoms with E-state index in [4.69, 9.17) is 21.1 Å². The van der Waals surface area contributed by atoms with Crippen LogP contribution in [0.5, 0.6) is 11.5 Å². The minimum atomic E-state index is -0.964. The number of amides is 3. The maximum Gasteiger partial charge on any atom is 0.328 e. The number of benzene rings is 3. The Balaban J connectivity index is 1.57. The van der Waals surface area contributed by atoms with Crippen molar-refractivity contribution in [1.82, 2.24) is 4.68 Å². The van der Waals surface area contributed by atoms with Gasteiger partial charge < -0.3 is 20.1 Å². The van der Waals surface area contributed by atoms with Crippen molar-refractivity contribution in [2.45, 2.75) is 6.92 Å². The van der Waals surface area contributed by atoms with Crippen molar-refractivity contribution in [1.29, 1.82) is 0 Å². The number of hydrogen-bond donors (Lipinski definition) is 3. The number of nitrogens with one attached hydrogen (secondary N) is 3. The van der Waals surface area contributed by atoms with Crippen molar-refractivity contribution in [3.63, 3.8) is 0 Å². The molecule has 0 atom stereocenters. The van der Waals surface area contributed by atoms with Crippen LogP contribution in [0, 0.1) is 0 Å². The van der Waals surface area contributed by atoms with E-state index in [0.29, 0.717) is 45.4 Å². The number of rotatable bonds is 7. The van der Waals surface area contributed by atoms with E-state index in [0.717, 1.165) is 0 Å². The average molecular weight is 507 g/mol. The fraction of sp³-hybridized carbons (Fsp3) is 0.115. The van der Waals surface area contributed by atoms with Crippen molar-refractivity contribution in [2.24, 2.45) is 0 Å². The second-order valence-corrected chi connectivity index (χ2v) is 8.04. The Labute approximate surface area is 211 Å². The first kappa shape index (κ1) is 24.6. The van der Waals surface area contributed by atoms with Crippen LogP contribution in [-0.4, -0.2) is 36.1 Å². The number of aromatic nitrogens is 1. The molecule has 184 valence electrons. The van der Waals surface area contributed by atoms with Gasteiger partial charge in [-0.05, 0) is 79.7 Å². The van der Waals surface area contributed by atoms with Gasteiger partial charge in [0.2, 0.25) is 0 Å².